The Kier molecular flexibility index (Phi) is 13.9. The van der Waals surface area contributed by atoms with E-state index in [1.807, 2.05) is 91.0 Å². The second kappa shape index (κ2) is 18.1. The molecule has 0 radical (unpaired) electrons. The lowest BCUT2D eigenvalue weighted by molar-refractivity contribution is -0.154. The van der Waals surface area contributed by atoms with Crippen LogP contribution in [0.3, 0.4) is 0 Å². The van der Waals surface area contributed by atoms with Crippen molar-refractivity contribution in [1.82, 2.24) is 10.6 Å². The fraction of sp³-hybridized carbons (Fsp3) is 0.306. The minimum Gasteiger partial charge on any atom is -0.455 e. The van der Waals surface area contributed by atoms with Gasteiger partial charge in [0.2, 0.25) is 11.8 Å². The number of carbonyl (C=O) groups excluding carboxylic acids is 3. The molecule has 7 nitrogen and oxygen atoms in total. The number of amides is 2. The van der Waals surface area contributed by atoms with Gasteiger partial charge < -0.3 is 20.5 Å². The number of hydrogen-bond donors (Lipinski definition) is 3. The molecule has 0 aliphatic rings. The summed E-state index contributed by atoms with van der Waals surface area (Å²) in [6, 6.07) is 28.1. The van der Waals surface area contributed by atoms with E-state index in [4.69, 9.17) is 4.74 Å². The molecule has 0 unspecified atom stereocenters. The highest BCUT2D eigenvalue weighted by Gasteiger charge is 2.27. The number of allylic oxidation sites excluding steroid dienone is 2. The van der Waals surface area contributed by atoms with Crippen molar-refractivity contribution in [1.29, 1.82) is 0 Å². The van der Waals surface area contributed by atoms with Crippen LogP contribution in [0.15, 0.2) is 116 Å². The van der Waals surface area contributed by atoms with Gasteiger partial charge in [0.15, 0.2) is 0 Å². The fourth-order valence-corrected chi connectivity index (χ4v) is 4.89. The van der Waals surface area contributed by atoms with Crippen LogP contribution in [-0.4, -0.2) is 42.1 Å². The second-order valence-electron chi connectivity index (χ2n) is 10.6. The Labute approximate surface area is 254 Å². The summed E-state index contributed by atoms with van der Waals surface area (Å²) in [6.07, 6.45) is 4.25. The van der Waals surface area contributed by atoms with Gasteiger partial charge in [0.05, 0.1) is 31.0 Å². The van der Waals surface area contributed by atoms with Gasteiger partial charge in [0.1, 0.15) is 6.10 Å². The number of esters is 1. The Bertz CT molecular complexity index is 1300. The second-order valence-corrected chi connectivity index (χ2v) is 10.6. The van der Waals surface area contributed by atoms with Crippen molar-refractivity contribution in [2.24, 2.45) is 11.8 Å². The third-order valence-corrected chi connectivity index (χ3v) is 7.17. The van der Waals surface area contributed by atoms with E-state index in [0.29, 0.717) is 19.3 Å². The number of ether oxygens (including phenoxy) is 1. The van der Waals surface area contributed by atoms with Crippen LogP contribution < -0.4 is 10.6 Å². The van der Waals surface area contributed by atoms with Gasteiger partial charge in [0, 0.05) is 6.42 Å². The molecule has 0 bridgehead atoms. The molecule has 0 fully saturated rings. The van der Waals surface area contributed by atoms with Gasteiger partial charge in [-0.15, -0.1) is 13.2 Å². The molecule has 3 aromatic carbocycles. The minimum atomic E-state index is -0.719. The summed E-state index contributed by atoms with van der Waals surface area (Å²) in [6.45, 7) is 7.38. The summed E-state index contributed by atoms with van der Waals surface area (Å²) < 4.78 is 5.99. The van der Waals surface area contributed by atoms with Crippen LogP contribution in [0, 0.1) is 11.8 Å². The Morgan fingerprint density at radius 2 is 1.30 bits per heavy atom. The standard InChI is InChI=1S/C36H42N2O5/c1-3-14-30(24-34(40)38-32(26-39)23-28-18-10-6-11-19-28)35(41)37-25-33(29-20-12-7-13-21-29)43-36(42)31(15-4-2)22-27-16-8-5-9-17-27/h3-13,16-21,30-33,39H,1-2,14-15,22-26H2,(H,37,41)(H,38,40)/t30-,31+,32+,33+/m0/s1. The SMILES string of the molecule is C=CC[C@@H](CC(=O)N[C@@H](CO)Cc1ccccc1)C(=O)NC[C@@H](OC(=O)[C@H](CC=C)Cc1ccccc1)c1ccccc1. The predicted octanol–water partition coefficient (Wildman–Crippen LogP) is 5.12. The van der Waals surface area contributed by atoms with Crippen molar-refractivity contribution >= 4 is 17.8 Å². The van der Waals surface area contributed by atoms with Crippen LogP contribution in [0.2, 0.25) is 0 Å². The van der Waals surface area contributed by atoms with E-state index in [1.54, 1.807) is 12.2 Å². The minimum absolute atomic E-state index is 0.0449. The number of hydrogen-bond acceptors (Lipinski definition) is 5. The molecule has 0 saturated carbocycles. The van der Waals surface area contributed by atoms with Crippen LogP contribution in [0.5, 0.6) is 0 Å². The van der Waals surface area contributed by atoms with Crippen LogP contribution in [-0.2, 0) is 32.0 Å². The maximum Gasteiger partial charge on any atom is 0.310 e. The highest BCUT2D eigenvalue weighted by atomic mass is 16.5. The van der Waals surface area contributed by atoms with Gasteiger partial charge in [-0.2, -0.15) is 0 Å². The van der Waals surface area contributed by atoms with Crippen LogP contribution in [0.25, 0.3) is 0 Å². The first-order chi connectivity index (χ1) is 20.9. The molecule has 0 aliphatic heterocycles. The summed E-state index contributed by atoms with van der Waals surface area (Å²) in [5.74, 6) is -2.15. The lowest BCUT2D eigenvalue weighted by Gasteiger charge is -2.24. The molecule has 43 heavy (non-hydrogen) atoms. The monoisotopic (exact) mass is 582 g/mol. The van der Waals surface area contributed by atoms with Gasteiger partial charge in [-0.1, -0.05) is 103 Å². The zero-order valence-electron chi connectivity index (χ0n) is 24.6. The molecular weight excluding hydrogens is 540 g/mol. The van der Waals surface area contributed by atoms with Crippen molar-refractivity contribution in [2.75, 3.05) is 13.2 Å². The number of aliphatic hydroxyl groups is 1. The number of nitrogens with one attached hydrogen (secondary N) is 2. The topological polar surface area (TPSA) is 105 Å². The van der Waals surface area contributed by atoms with E-state index in [1.165, 1.54) is 0 Å². The van der Waals surface area contributed by atoms with Gasteiger partial charge in [-0.05, 0) is 42.4 Å². The summed E-state index contributed by atoms with van der Waals surface area (Å²) in [4.78, 5) is 39.5. The molecular formula is C36H42N2O5. The van der Waals surface area contributed by atoms with E-state index in [2.05, 4.69) is 23.8 Å². The number of rotatable bonds is 18. The zero-order chi connectivity index (χ0) is 30.9. The van der Waals surface area contributed by atoms with E-state index in [-0.39, 0.29) is 43.8 Å². The molecule has 0 aromatic heterocycles. The maximum atomic E-state index is 13.3. The molecule has 7 heteroatoms. The van der Waals surface area contributed by atoms with E-state index < -0.39 is 24.0 Å². The Balaban J connectivity index is 1.64. The number of carbonyl (C=O) groups is 3. The van der Waals surface area contributed by atoms with Crippen LogP contribution >= 0.6 is 0 Å². The summed E-state index contributed by atoms with van der Waals surface area (Å²) in [5, 5.41) is 15.5. The first kappa shape index (κ1) is 33.0. The lowest BCUT2D eigenvalue weighted by Crippen LogP contribution is -2.42. The van der Waals surface area contributed by atoms with Crippen molar-refractivity contribution in [3.63, 3.8) is 0 Å². The van der Waals surface area contributed by atoms with Crippen molar-refractivity contribution in [3.05, 3.63) is 133 Å². The largest absolute Gasteiger partial charge is 0.455 e. The van der Waals surface area contributed by atoms with Gasteiger partial charge >= 0.3 is 5.97 Å². The number of aliphatic hydroxyl groups excluding tert-OH is 1. The molecule has 0 spiro atoms. The lowest BCUT2D eigenvalue weighted by atomic mass is 9.96. The first-order valence-electron chi connectivity index (χ1n) is 14.7. The summed E-state index contributed by atoms with van der Waals surface area (Å²) in [5.41, 5.74) is 2.76. The molecule has 0 aliphatic carbocycles. The highest BCUT2D eigenvalue weighted by Crippen LogP contribution is 2.22. The predicted molar refractivity (Wildman–Crippen MR) is 169 cm³/mol. The Hall–Kier alpha value is -4.49. The average Bonchev–Trinajstić information content (AvgIpc) is 3.03. The average molecular weight is 583 g/mol. The molecule has 0 saturated heterocycles. The quantitative estimate of drug-likeness (QED) is 0.143. The molecule has 3 aromatic rings. The van der Waals surface area contributed by atoms with Crippen LogP contribution in [0.4, 0.5) is 0 Å². The van der Waals surface area contributed by atoms with E-state index in [0.717, 1.165) is 16.7 Å². The smallest absolute Gasteiger partial charge is 0.310 e. The molecule has 3 rings (SSSR count). The summed E-state index contributed by atoms with van der Waals surface area (Å²) >= 11 is 0. The third-order valence-electron chi connectivity index (χ3n) is 7.17. The maximum absolute atomic E-state index is 13.3. The normalized spacial score (nSPS) is 13.5. The Morgan fingerprint density at radius 1 is 0.767 bits per heavy atom. The molecule has 4 atom stereocenters. The van der Waals surface area contributed by atoms with Gasteiger partial charge in [-0.3, -0.25) is 14.4 Å². The van der Waals surface area contributed by atoms with Crippen LogP contribution in [0.1, 0.15) is 42.1 Å². The fourth-order valence-electron chi connectivity index (χ4n) is 4.89. The van der Waals surface area contributed by atoms with Crippen molar-refractivity contribution in [3.8, 4) is 0 Å². The van der Waals surface area contributed by atoms with E-state index in [9.17, 15) is 19.5 Å². The zero-order valence-corrected chi connectivity index (χ0v) is 24.6. The highest BCUT2D eigenvalue weighted by molar-refractivity contribution is 5.86. The van der Waals surface area contributed by atoms with E-state index >= 15 is 0 Å². The number of benzene rings is 3. The van der Waals surface area contributed by atoms with Crippen molar-refractivity contribution < 1.29 is 24.2 Å². The molecule has 0 heterocycles. The third kappa shape index (κ3) is 11.4. The molecule has 226 valence electrons. The summed E-state index contributed by atoms with van der Waals surface area (Å²) in [7, 11) is 0. The molecule has 2 amide bonds. The first-order valence-corrected chi connectivity index (χ1v) is 14.7. The molecule has 3 N–H and O–H groups in total. The van der Waals surface area contributed by atoms with Crippen molar-refractivity contribution in [2.45, 2.75) is 44.2 Å². The Morgan fingerprint density at radius 3 is 1.86 bits per heavy atom. The van der Waals surface area contributed by atoms with Gasteiger partial charge in [0.25, 0.3) is 0 Å². The van der Waals surface area contributed by atoms with Gasteiger partial charge in [-0.25, -0.2) is 0 Å².